The van der Waals surface area contributed by atoms with Crippen molar-refractivity contribution in [2.45, 2.75) is 20.4 Å². The lowest BCUT2D eigenvalue weighted by molar-refractivity contribution is -0.123. The molecule has 0 saturated carbocycles. The summed E-state index contributed by atoms with van der Waals surface area (Å²) in [7, 11) is 0. The van der Waals surface area contributed by atoms with E-state index in [0.717, 1.165) is 16.0 Å². The van der Waals surface area contributed by atoms with E-state index in [9.17, 15) is 14.0 Å². The maximum atomic E-state index is 13.8. The fraction of sp³-hybridized carbons (Fsp3) is 0.222. The second-order valence-electron chi connectivity index (χ2n) is 5.32. The highest BCUT2D eigenvalue weighted by Gasteiger charge is 2.18. The molecule has 0 aromatic heterocycles. The van der Waals surface area contributed by atoms with Crippen molar-refractivity contribution in [1.29, 1.82) is 0 Å². The van der Waals surface area contributed by atoms with Gasteiger partial charge >= 0.3 is 0 Å². The summed E-state index contributed by atoms with van der Waals surface area (Å²) in [6.07, 6.45) is 0. The van der Waals surface area contributed by atoms with Gasteiger partial charge in [-0.3, -0.25) is 9.59 Å². The number of aryl methyl sites for hydroxylation is 1. The first-order valence-electron chi connectivity index (χ1n) is 7.32. The van der Waals surface area contributed by atoms with Crippen LogP contribution in [0, 0.1) is 12.7 Å². The summed E-state index contributed by atoms with van der Waals surface area (Å²) in [5.41, 5.74) is 2.18. The number of halogens is 1. The Morgan fingerprint density at radius 3 is 2.52 bits per heavy atom. The van der Waals surface area contributed by atoms with Crippen LogP contribution >= 0.6 is 0 Å². The summed E-state index contributed by atoms with van der Waals surface area (Å²) in [5.74, 6) is -1.26. The van der Waals surface area contributed by atoms with Crippen LogP contribution in [0.15, 0.2) is 48.5 Å². The third-order valence-corrected chi connectivity index (χ3v) is 3.40. The van der Waals surface area contributed by atoms with E-state index in [1.54, 1.807) is 6.07 Å². The average Bonchev–Trinajstić information content (AvgIpc) is 2.51. The summed E-state index contributed by atoms with van der Waals surface area (Å²) >= 11 is 0. The van der Waals surface area contributed by atoms with Crippen LogP contribution < -0.4 is 10.2 Å². The van der Waals surface area contributed by atoms with Crippen LogP contribution in [0.3, 0.4) is 0 Å². The van der Waals surface area contributed by atoms with Gasteiger partial charge in [0.15, 0.2) is 0 Å². The molecule has 0 fully saturated rings. The Labute approximate surface area is 134 Å². The topological polar surface area (TPSA) is 49.4 Å². The number of nitrogens with zero attached hydrogens (tertiary/aromatic N) is 1. The lowest BCUT2D eigenvalue weighted by Crippen LogP contribution is -2.40. The van der Waals surface area contributed by atoms with Gasteiger partial charge in [-0.1, -0.05) is 42.0 Å². The number of benzene rings is 2. The van der Waals surface area contributed by atoms with Crippen LogP contribution in [0.1, 0.15) is 18.1 Å². The van der Waals surface area contributed by atoms with Crippen LogP contribution in [-0.4, -0.2) is 18.4 Å². The molecule has 0 unspecified atom stereocenters. The van der Waals surface area contributed by atoms with Gasteiger partial charge in [-0.2, -0.15) is 0 Å². The molecule has 0 atom stereocenters. The molecular formula is C18H19FN2O2. The van der Waals surface area contributed by atoms with Crippen molar-refractivity contribution >= 4 is 17.5 Å². The van der Waals surface area contributed by atoms with Gasteiger partial charge in [0.25, 0.3) is 0 Å². The molecular weight excluding hydrogens is 295 g/mol. The van der Waals surface area contributed by atoms with Gasteiger partial charge in [-0.15, -0.1) is 0 Å². The molecule has 2 aromatic rings. The van der Waals surface area contributed by atoms with E-state index in [-0.39, 0.29) is 24.0 Å². The first-order valence-corrected chi connectivity index (χ1v) is 7.32. The van der Waals surface area contributed by atoms with Gasteiger partial charge < -0.3 is 10.2 Å². The lowest BCUT2D eigenvalue weighted by Gasteiger charge is -2.21. The van der Waals surface area contributed by atoms with Crippen molar-refractivity contribution in [2.75, 3.05) is 11.4 Å². The van der Waals surface area contributed by atoms with Crippen molar-refractivity contribution in [3.05, 3.63) is 65.5 Å². The van der Waals surface area contributed by atoms with Crippen LogP contribution in [0.25, 0.3) is 0 Å². The molecule has 0 saturated heterocycles. The molecule has 4 nitrogen and oxygen atoms in total. The SMILES string of the molecule is CC(=O)N(CC(=O)NCc1cccc(C)c1)c1ccccc1F. The number of hydrogen-bond donors (Lipinski definition) is 1. The summed E-state index contributed by atoms with van der Waals surface area (Å²) in [6, 6.07) is 13.7. The highest BCUT2D eigenvalue weighted by molar-refractivity contribution is 5.97. The normalized spacial score (nSPS) is 10.2. The van der Waals surface area contributed by atoms with E-state index in [0.29, 0.717) is 6.54 Å². The number of nitrogens with one attached hydrogen (secondary N) is 1. The number of carbonyl (C=O) groups excluding carboxylic acids is 2. The van der Waals surface area contributed by atoms with E-state index in [4.69, 9.17) is 0 Å². The molecule has 23 heavy (non-hydrogen) atoms. The molecule has 0 aliphatic carbocycles. The Kier molecular flexibility index (Phi) is 5.46. The molecule has 2 amide bonds. The number of hydrogen-bond acceptors (Lipinski definition) is 2. The van der Waals surface area contributed by atoms with Crippen molar-refractivity contribution in [3.8, 4) is 0 Å². The molecule has 120 valence electrons. The molecule has 2 rings (SSSR count). The number of rotatable bonds is 5. The zero-order chi connectivity index (χ0) is 16.8. The minimum Gasteiger partial charge on any atom is -0.350 e. The minimum absolute atomic E-state index is 0.103. The van der Waals surface area contributed by atoms with Crippen LogP contribution in [0.4, 0.5) is 10.1 Å². The standard InChI is InChI=1S/C18H19FN2O2/c1-13-6-5-7-15(10-13)11-20-18(23)12-21(14(2)22)17-9-4-3-8-16(17)19/h3-10H,11-12H2,1-2H3,(H,20,23). The third-order valence-electron chi connectivity index (χ3n) is 3.40. The maximum Gasteiger partial charge on any atom is 0.240 e. The number of anilines is 1. The molecule has 5 heteroatoms. The smallest absolute Gasteiger partial charge is 0.240 e. The molecule has 0 radical (unpaired) electrons. The van der Waals surface area contributed by atoms with Gasteiger partial charge in [0.1, 0.15) is 12.4 Å². The van der Waals surface area contributed by atoms with Gasteiger partial charge in [-0.05, 0) is 24.6 Å². The zero-order valence-electron chi connectivity index (χ0n) is 13.2. The Hall–Kier alpha value is -2.69. The monoisotopic (exact) mass is 314 g/mol. The fourth-order valence-electron chi connectivity index (χ4n) is 2.26. The Morgan fingerprint density at radius 2 is 1.87 bits per heavy atom. The quantitative estimate of drug-likeness (QED) is 0.922. The van der Waals surface area contributed by atoms with Crippen LogP contribution in [0.5, 0.6) is 0 Å². The fourth-order valence-corrected chi connectivity index (χ4v) is 2.26. The van der Waals surface area contributed by atoms with Crippen LogP contribution in [0.2, 0.25) is 0 Å². The first-order chi connectivity index (χ1) is 11.0. The molecule has 0 heterocycles. The maximum absolute atomic E-state index is 13.8. The Morgan fingerprint density at radius 1 is 1.13 bits per heavy atom. The lowest BCUT2D eigenvalue weighted by atomic mass is 10.1. The van der Waals surface area contributed by atoms with Gasteiger partial charge in [0, 0.05) is 13.5 Å². The zero-order valence-corrected chi connectivity index (χ0v) is 13.2. The van der Waals surface area contributed by atoms with E-state index >= 15 is 0 Å². The highest BCUT2D eigenvalue weighted by Crippen LogP contribution is 2.18. The second-order valence-corrected chi connectivity index (χ2v) is 5.32. The van der Waals surface area contributed by atoms with Crippen LogP contribution in [-0.2, 0) is 16.1 Å². The summed E-state index contributed by atoms with van der Waals surface area (Å²) in [5, 5.41) is 2.75. The Balaban J connectivity index is 2.02. The van der Waals surface area contributed by atoms with Gasteiger partial charge in [0.05, 0.1) is 5.69 Å². The number of para-hydroxylation sites is 1. The number of amides is 2. The molecule has 0 bridgehead atoms. The predicted molar refractivity (Wildman–Crippen MR) is 87.5 cm³/mol. The molecule has 0 aliphatic heterocycles. The molecule has 0 aliphatic rings. The molecule has 2 aromatic carbocycles. The minimum atomic E-state index is -0.533. The van der Waals surface area contributed by atoms with Crippen molar-refractivity contribution in [3.63, 3.8) is 0 Å². The van der Waals surface area contributed by atoms with E-state index in [1.165, 1.54) is 25.1 Å². The first kappa shape index (κ1) is 16.7. The summed E-state index contributed by atoms with van der Waals surface area (Å²) in [4.78, 5) is 24.9. The van der Waals surface area contributed by atoms with Crippen molar-refractivity contribution < 1.29 is 14.0 Å². The Bertz CT molecular complexity index is 716. The largest absolute Gasteiger partial charge is 0.350 e. The van der Waals surface area contributed by atoms with Crippen molar-refractivity contribution in [1.82, 2.24) is 5.32 Å². The second kappa shape index (κ2) is 7.54. The summed E-state index contributed by atoms with van der Waals surface area (Å²) < 4.78 is 13.8. The molecule has 0 spiro atoms. The predicted octanol–water partition coefficient (Wildman–Crippen LogP) is 2.80. The third kappa shape index (κ3) is 4.64. The number of carbonyl (C=O) groups is 2. The van der Waals surface area contributed by atoms with Gasteiger partial charge in [0.2, 0.25) is 11.8 Å². The highest BCUT2D eigenvalue weighted by atomic mass is 19.1. The molecule has 1 N–H and O–H groups in total. The summed E-state index contributed by atoms with van der Waals surface area (Å²) in [6.45, 7) is 3.42. The van der Waals surface area contributed by atoms with E-state index < -0.39 is 5.82 Å². The van der Waals surface area contributed by atoms with Gasteiger partial charge in [-0.25, -0.2) is 4.39 Å². The van der Waals surface area contributed by atoms with E-state index in [2.05, 4.69) is 5.32 Å². The van der Waals surface area contributed by atoms with E-state index in [1.807, 2.05) is 31.2 Å². The average molecular weight is 314 g/mol. The van der Waals surface area contributed by atoms with Crippen molar-refractivity contribution in [2.24, 2.45) is 0 Å².